The molecule has 1 aliphatic rings. The Kier molecular flexibility index (Phi) is 6.49. The lowest BCUT2D eigenvalue weighted by molar-refractivity contribution is 0.0176. The van der Waals surface area contributed by atoms with Crippen molar-refractivity contribution in [1.29, 1.82) is 0 Å². The molecule has 1 fully saturated rings. The van der Waals surface area contributed by atoms with Crippen molar-refractivity contribution in [2.24, 2.45) is 5.92 Å². The zero-order valence-electron chi connectivity index (χ0n) is 18.2. The summed E-state index contributed by atoms with van der Waals surface area (Å²) in [7, 11) is 0. The molecule has 0 aliphatic carbocycles. The van der Waals surface area contributed by atoms with Crippen molar-refractivity contribution >= 4 is 17.0 Å². The zero-order valence-corrected chi connectivity index (χ0v) is 18.2. The lowest BCUT2D eigenvalue weighted by atomic mass is 9.97. The van der Waals surface area contributed by atoms with Crippen LogP contribution in [0.3, 0.4) is 0 Å². The van der Waals surface area contributed by atoms with Crippen molar-refractivity contribution in [3.63, 3.8) is 0 Å². The van der Waals surface area contributed by atoms with Gasteiger partial charge in [-0.05, 0) is 53.4 Å². The Hall–Kier alpha value is -2.12. The highest BCUT2D eigenvalue weighted by Crippen LogP contribution is 2.24. The second kappa shape index (κ2) is 8.71. The van der Waals surface area contributed by atoms with E-state index in [4.69, 9.17) is 4.74 Å². The number of nitrogens with zero attached hydrogens (tertiary/aromatic N) is 3. The third kappa shape index (κ3) is 5.48. The van der Waals surface area contributed by atoms with Crippen LogP contribution in [0.4, 0.5) is 4.79 Å². The summed E-state index contributed by atoms with van der Waals surface area (Å²) in [4.78, 5) is 14.0. The first-order valence-electron chi connectivity index (χ1n) is 10.5. The summed E-state index contributed by atoms with van der Waals surface area (Å²) < 4.78 is 7.37. The van der Waals surface area contributed by atoms with Crippen LogP contribution >= 0.6 is 0 Å². The molecule has 1 amide bonds. The molecule has 0 radical (unpaired) electrons. The Morgan fingerprint density at radius 2 is 2.00 bits per heavy atom. The third-order valence-corrected chi connectivity index (χ3v) is 5.28. The van der Waals surface area contributed by atoms with Gasteiger partial charge in [0.1, 0.15) is 11.8 Å². The van der Waals surface area contributed by atoms with E-state index in [1.165, 1.54) is 0 Å². The van der Waals surface area contributed by atoms with Crippen LogP contribution in [0.25, 0.3) is 10.9 Å². The van der Waals surface area contributed by atoms with Gasteiger partial charge in [0.2, 0.25) is 0 Å². The van der Waals surface area contributed by atoms with E-state index in [1.54, 1.807) is 4.90 Å². The van der Waals surface area contributed by atoms with Crippen LogP contribution in [-0.4, -0.2) is 51.1 Å². The summed E-state index contributed by atoms with van der Waals surface area (Å²) >= 11 is 0. The quantitative estimate of drug-likeness (QED) is 0.743. The van der Waals surface area contributed by atoms with Gasteiger partial charge in [-0.3, -0.25) is 10.00 Å². The van der Waals surface area contributed by atoms with Gasteiger partial charge in [0.25, 0.3) is 0 Å². The minimum absolute atomic E-state index is 0.239. The van der Waals surface area contributed by atoms with Crippen LogP contribution in [0.1, 0.15) is 65.3 Å². The second-order valence-corrected chi connectivity index (χ2v) is 9.21. The summed E-state index contributed by atoms with van der Waals surface area (Å²) in [5, 5.41) is 19.6. The molecule has 1 aromatic heterocycles. The molecule has 0 spiro atoms. The minimum atomic E-state index is -0.766. The van der Waals surface area contributed by atoms with E-state index in [1.807, 2.05) is 49.8 Å². The van der Waals surface area contributed by atoms with Crippen LogP contribution in [-0.2, 0) is 4.74 Å². The number of aliphatic hydroxyl groups excluding tert-OH is 1. The molecule has 0 saturated carbocycles. The number of aliphatic hydroxyl groups is 1. The standard InChI is InChI=1S/C22H34N4O3/c1-15(2)26-14-17-7-6-8-18(19(17)24-26)20(27)23-13-16-9-11-25(12-10-16)21(28)29-22(3,4)5/h6-8,14-16,20,23,27H,9-13H2,1-5H3. The van der Waals surface area contributed by atoms with Crippen molar-refractivity contribution in [1.82, 2.24) is 20.0 Å². The molecule has 2 heterocycles. The number of benzene rings is 1. The summed E-state index contributed by atoms with van der Waals surface area (Å²) in [5.74, 6) is 0.413. The number of fused-ring (bicyclic) bond motifs is 1. The van der Waals surface area contributed by atoms with Crippen LogP contribution in [0.15, 0.2) is 24.4 Å². The highest BCUT2D eigenvalue weighted by molar-refractivity contribution is 5.81. The lowest BCUT2D eigenvalue weighted by Crippen LogP contribution is -2.43. The third-order valence-electron chi connectivity index (χ3n) is 5.28. The van der Waals surface area contributed by atoms with E-state index in [0.29, 0.717) is 25.6 Å². The smallest absolute Gasteiger partial charge is 0.410 e. The van der Waals surface area contributed by atoms with Gasteiger partial charge in [-0.15, -0.1) is 0 Å². The Morgan fingerprint density at radius 3 is 2.62 bits per heavy atom. The van der Waals surface area contributed by atoms with E-state index in [9.17, 15) is 9.90 Å². The average molecular weight is 403 g/mol. The molecular formula is C22H34N4O3. The summed E-state index contributed by atoms with van der Waals surface area (Å²) in [6, 6.07) is 6.16. The normalized spacial score (nSPS) is 17.1. The predicted octanol–water partition coefficient (Wildman–Crippen LogP) is 3.84. The molecule has 1 aromatic carbocycles. The molecular weight excluding hydrogens is 368 g/mol. The summed E-state index contributed by atoms with van der Waals surface area (Å²) in [5.41, 5.74) is 1.16. The molecule has 1 aliphatic heterocycles. The van der Waals surface area contributed by atoms with Crippen LogP contribution in [0.2, 0.25) is 0 Å². The van der Waals surface area contributed by atoms with Crippen LogP contribution in [0, 0.1) is 5.92 Å². The Labute approximate surface area is 173 Å². The number of likely N-dealkylation sites (tertiary alicyclic amines) is 1. The maximum atomic E-state index is 12.2. The molecule has 0 bridgehead atoms. The van der Waals surface area contributed by atoms with Gasteiger partial charge in [0, 0.05) is 42.8 Å². The maximum Gasteiger partial charge on any atom is 0.410 e. The average Bonchev–Trinajstić information content (AvgIpc) is 3.10. The van der Waals surface area contributed by atoms with Crippen LogP contribution < -0.4 is 5.32 Å². The number of aromatic nitrogens is 2. The van der Waals surface area contributed by atoms with E-state index in [-0.39, 0.29) is 12.1 Å². The first kappa shape index (κ1) is 21.6. The van der Waals surface area contributed by atoms with E-state index < -0.39 is 11.8 Å². The Bertz CT molecular complexity index is 832. The van der Waals surface area contributed by atoms with Gasteiger partial charge < -0.3 is 14.7 Å². The second-order valence-electron chi connectivity index (χ2n) is 9.21. The van der Waals surface area contributed by atoms with Gasteiger partial charge >= 0.3 is 6.09 Å². The maximum absolute atomic E-state index is 12.2. The molecule has 29 heavy (non-hydrogen) atoms. The van der Waals surface area contributed by atoms with Crippen LogP contribution in [0.5, 0.6) is 0 Å². The molecule has 3 rings (SSSR count). The molecule has 2 aromatic rings. The van der Waals surface area contributed by atoms with Crippen molar-refractivity contribution < 1.29 is 14.6 Å². The predicted molar refractivity (Wildman–Crippen MR) is 114 cm³/mol. The highest BCUT2D eigenvalue weighted by Gasteiger charge is 2.27. The number of rotatable bonds is 5. The summed E-state index contributed by atoms with van der Waals surface area (Å²) in [6.07, 6.45) is 2.80. The molecule has 7 nitrogen and oxygen atoms in total. The fraction of sp³-hybridized carbons (Fsp3) is 0.636. The van der Waals surface area contributed by atoms with Gasteiger partial charge in [0.15, 0.2) is 0 Å². The fourth-order valence-corrected chi connectivity index (χ4v) is 3.61. The number of ether oxygens (including phenoxy) is 1. The number of carbonyl (C=O) groups excluding carboxylic acids is 1. The Balaban J connectivity index is 1.54. The fourth-order valence-electron chi connectivity index (χ4n) is 3.61. The molecule has 7 heteroatoms. The van der Waals surface area contributed by atoms with Crippen molar-refractivity contribution in [3.05, 3.63) is 30.0 Å². The van der Waals surface area contributed by atoms with Crippen molar-refractivity contribution in [3.8, 4) is 0 Å². The van der Waals surface area contributed by atoms with Gasteiger partial charge in [-0.1, -0.05) is 18.2 Å². The minimum Gasteiger partial charge on any atom is -0.444 e. The lowest BCUT2D eigenvalue weighted by Gasteiger charge is -2.33. The molecule has 1 saturated heterocycles. The molecule has 1 atom stereocenters. The number of piperidine rings is 1. The van der Waals surface area contributed by atoms with Gasteiger partial charge in [-0.25, -0.2) is 4.79 Å². The molecule has 160 valence electrons. The van der Waals surface area contributed by atoms with E-state index in [2.05, 4.69) is 24.3 Å². The largest absolute Gasteiger partial charge is 0.444 e. The Morgan fingerprint density at radius 1 is 1.31 bits per heavy atom. The summed E-state index contributed by atoms with van der Waals surface area (Å²) in [6.45, 7) is 11.9. The molecule has 2 N–H and O–H groups in total. The number of hydrogen-bond donors (Lipinski definition) is 2. The zero-order chi connectivity index (χ0) is 21.2. The monoisotopic (exact) mass is 402 g/mol. The topological polar surface area (TPSA) is 79.6 Å². The van der Waals surface area contributed by atoms with E-state index in [0.717, 1.165) is 29.3 Å². The first-order chi connectivity index (χ1) is 13.6. The van der Waals surface area contributed by atoms with Gasteiger partial charge in [0.05, 0.1) is 5.52 Å². The van der Waals surface area contributed by atoms with Crippen molar-refractivity contribution in [2.45, 2.75) is 65.3 Å². The highest BCUT2D eigenvalue weighted by atomic mass is 16.6. The van der Waals surface area contributed by atoms with Gasteiger partial charge in [-0.2, -0.15) is 5.10 Å². The number of amides is 1. The SMILES string of the molecule is CC(C)n1cc2cccc(C(O)NCC3CCN(C(=O)OC(C)(C)C)CC3)c2n1. The number of hydrogen-bond acceptors (Lipinski definition) is 5. The van der Waals surface area contributed by atoms with E-state index >= 15 is 0 Å². The molecule has 1 unspecified atom stereocenters. The van der Waals surface area contributed by atoms with Crippen molar-refractivity contribution in [2.75, 3.05) is 19.6 Å². The first-order valence-corrected chi connectivity index (χ1v) is 10.5. The number of carbonyl (C=O) groups is 1. The number of nitrogens with one attached hydrogen (secondary N) is 1.